The summed E-state index contributed by atoms with van der Waals surface area (Å²) < 4.78 is 11.3. The highest BCUT2D eigenvalue weighted by Gasteiger charge is 2.30. The highest BCUT2D eigenvalue weighted by molar-refractivity contribution is 7.07. The molecule has 1 aliphatic rings. The molecule has 0 saturated carbocycles. The van der Waals surface area contributed by atoms with Gasteiger partial charge in [0.1, 0.15) is 18.1 Å². The Morgan fingerprint density at radius 1 is 1.10 bits per heavy atom. The van der Waals surface area contributed by atoms with Gasteiger partial charge in [-0.3, -0.25) is 4.79 Å². The van der Waals surface area contributed by atoms with Crippen molar-refractivity contribution in [3.05, 3.63) is 76.2 Å². The molecule has 150 valence electrons. The lowest BCUT2D eigenvalue weighted by atomic mass is 10.0. The van der Waals surface area contributed by atoms with Gasteiger partial charge in [-0.05, 0) is 61.7 Å². The Balaban J connectivity index is 1.42. The van der Waals surface area contributed by atoms with Crippen LogP contribution in [0.4, 0.5) is 0 Å². The molecule has 5 nitrogen and oxygen atoms in total. The Labute approximate surface area is 174 Å². The second-order valence-corrected chi connectivity index (χ2v) is 7.67. The van der Waals surface area contributed by atoms with Gasteiger partial charge in [-0.15, -0.1) is 11.3 Å². The van der Waals surface area contributed by atoms with E-state index in [1.165, 1.54) is 0 Å². The highest BCUT2D eigenvalue weighted by atomic mass is 32.1. The van der Waals surface area contributed by atoms with Crippen LogP contribution in [0.2, 0.25) is 0 Å². The summed E-state index contributed by atoms with van der Waals surface area (Å²) in [5, 5.41) is 1.96. The minimum absolute atomic E-state index is 0.0624. The van der Waals surface area contributed by atoms with Crippen LogP contribution < -0.4 is 9.47 Å². The monoisotopic (exact) mass is 408 g/mol. The Bertz CT molecular complexity index is 924. The van der Waals surface area contributed by atoms with E-state index >= 15 is 0 Å². The summed E-state index contributed by atoms with van der Waals surface area (Å²) in [6.45, 7) is 3.83. The Hall–Kier alpha value is -2.86. The molecule has 0 unspecified atom stereocenters. The molecule has 2 heterocycles. The molecule has 29 heavy (non-hydrogen) atoms. The third-order valence-electron chi connectivity index (χ3n) is 5.06. The number of hydrogen-bond donors (Lipinski definition) is 0. The van der Waals surface area contributed by atoms with Crippen molar-refractivity contribution in [3.63, 3.8) is 0 Å². The molecule has 4 rings (SSSR count). The number of thiazole rings is 1. The van der Waals surface area contributed by atoms with Crippen LogP contribution in [0.15, 0.2) is 59.4 Å². The zero-order chi connectivity index (χ0) is 20.1. The number of nitrogens with zero attached hydrogens (tertiary/aromatic N) is 2. The number of carbonyl (C=O) groups is 1. The smallest absolute Gasteiger partial charge is 0.254 e. The molecule has 0 N–H and O–H groups in total. The fourth-order valence-electron chi connectivity index (χ4n) is 3.63. The van der Waals surface area contributed by atoms with Crippen molar-refractivity contribution in [2.75, 3.05) is 13.2 Å². The van der Waals surface area contributed by atoms with Gasteiger partial charge in [0.05, 0.1) is 23.9 Å². The molecule has 1 aromatic heterocycles. The first-order chi connectivity index (χ1) is 14.2. The zero-order valence-corrected chi connectivity index (χ0v) is 17.2. The molecule has 1 atom stereocenters. The van der Waals surface area contributed by atoms with Crippen LogP contribution in [0.5, 0.6) is 11.5 Å². The molecule has 0 aliphatic carbocycles. The van der Waals surface area contributed by atoms with Crippen LogP contribution in [0.1, 0.15) is 47.4 Å². The molecule has 6 heteroatoms. The second-order valence-electron chi connectivity index (χ2n) is 6.95. The number of carbonyl (C=O) groups excluding carboxylic acids is 1. The van der Waals surface area contributed by atoms with E-state index in [0.29, 0.717) is 18.8 Å². The van der Waals surface area contributed by atoms with E-state index < -0.39 is 0 Å². The number of hydrogen-bond acceptors (Lipinski definition) is 5. The number of aromatic nitrogens is 1. The van der Waals surface area contributed by atoms with Gasteiger partial charge in [-0.2, -0.15) is 0 Å². The van der Waals surface area contributed by atoms with Gasteiger partial charge in [0.25, 0.3) is 5.91 Å². The van der Waals surface area contributed by atoms with Crippen molar-refractivity contribution >= 4 is 17.2 Å². The lowest BCUT2D eigenvalue weighted by molar-refractivity contribution is 0.0735. The highest BCUT2D eigenvalue weighted by Crippen LogP contribution is 2.34. The summed E-state index contributed by atoms with van der Waals surface area (Å²) in [5.74, 6) is 1.66. The maximum Gasteiger partial charge on any atom is 0.254 e. The van der Waals surface area contributed by atoms with Crippen LogP contribution in [-0.2, 0) is 6.61 Å². The largest absolute Gasteiger partial charge is 0.494 e. The van der Waals surface area contributed by atoms with Gasteiger partial charge in [0, 0.05) is 17.5 Å². The molecular weight excluding hydrogens is 384 g/mol. The van der Waals surface area contributed by atoms with Gasteiger partial charge in [0.15, 0.2) is 0 Å². The molecule has 1 fully saturated rings. The van der Waals surface area contributed by atoms with E-state index in [2.05, 4.69) is 17.1 Å². The lowest BCUT2D eigenvalue weighted by Gasteiger charge is -2.25. The van der Waals surface area contributed by atoms with Crippen LogP contribution >= 0.6 is 11.3 Å². The van der Waals surface area contributed by atoms with Crippen LogP contribution in [0.3, 0.4) is 0 Å². The average molecular weight is 409 g/mol. The number of ether oxygens (including phenoxy) is 2. The van der Waals surface area contributed by atoms with E-state index in [4.69, 9.17) is 9.47 Å². The summed E-state index contributed by atoms with van der Waals surface area (Å²) in [6, 6.07) is 15.6. The normalized spacial score (nSPS) is 16.0. The molecule has 1 aliphatic heterocycles. The quantitative estimate of drug-likeness (QED) is 0.546. The summed E-state index contributed by atoms with van der Waals surface area (Å²) in [4.78, 5) is 19.3. The van der Waals surface area contributed by atoms with Gasteiger partial charge in [0.2, 0.25) is 0 Å². The standard InChI is InChI=1S/C23H24N2O3S/c1-2-27-20-9-5-17(6-10-20)22-4-3-13-25(22)23(26)18-7-11-21(12-8-18)28-14-19-15-29-16-24-19/h5-12,15-16,22H,2-4,13-14H2,1H3/t22-/m0/s1. The van der Waals surface area contributed by atoms with E-state index in [0.717, 1.165) is 42.1 Å². The van der Waals surface area contributed by atoms with Gasteiger partial charge < -0.3 is 14.4 Å². The molecule has 3 aromatic rings. The lowest BCUT2D eigenvalue weighted by Crippen LogP contribution is -2.30. The maximum atomic E-state index is 13.1. The minimum atomic E-state index is 0.0624. The molecular formula is C23H24N2O3S. The van der Waals surface area contributed by atoms with Gasteiger partial charge in [-0.1, -0.05) is 12.1 Å². The summed E-state index contributed by atoms with van der Waals surface area (Å²) in [5.41, 5.74) is 4.54. The first-order valence-electron chi connectivity index (χ1n) is 9.88. The van der Waals surface area contributed by atoms with Crippen LogP contribution in [0.25, 0.3) is 0 Å². The van der Waals surface area contributed by atoms with Gasteiger partial charge >= 0.3 is 0 Å². The van der Waals surface area contributed by atoms with Crippen LogP contribution in [-0.4, -0.2) is 28.9 Å². The molecule has 1 amide bonds. The van der Waals surface area contributed by atoms with Crippen LogP contribution in [0, 0.1) is 0 Å². The minimum Gasteiger partial charge on any atom is -0.494 e. The fraction of sp³-hybridized carbons (Fsp3) is 0.304. The Kier molecular flexibility index (Phi) is 6.10. The molecule has 2 aromatic carbocycles. The number of likely N-dealkylation sites (tertiary alicyclic amines) is 1. The third kappa shape index (κ3) is 4.59. The predicted octanol–water partition coefficient (Wildman–Crippen LogP) is 5.10. The molecule has 0 spiro atoms. The topological polar surface area (TPSA) is 51.7 Å². The van der Waals surface area contributed by atoms with Crippen molar-refractivity contribution in [1.82, 2.24) is 9.88 Å². The van der Waals surface area contributed by atoms with E-state index in [9.17, 15) is 4.79 Å². The summed E-state index contributed by atoms with van der Waals surface area (Å²) >= 11 is 1.55. The van der Waals surface area contributed by atoms with Gasteiger partial charge in [-0.25, -0.2) is 4.98 Å². The van der Waals surface area contributed by atoms with Crippen molar-refractivity contribution < 1.29 is 14.3 Å². The average Bonchev–Trinajstić information content (AvgIpc) is 3.45. The first-order valence-corrected chi connectivity index (χ1v) is 10.8. The Morgan fingerprint density at radius 2 is 1.83 bits per heavy atom. The van der Waals surface area contributed by atoms with Crippen molar-refractivity contribution in [2.45, 2.75) is 32.4 Å². The maximum absolute atomic E-state index is 13.1. The Morgan fingerprint density at radius 3 is 2.52 bits per heavy atom. The summed E-state index contributed by atoms with van der Waals surface area (Å²) in [7, 11) is 0. The number of rotatable bonds is 7. The first kappa shape index (κ1) is 19.5. The predicted molar refractivity (Wildman–Crippen MR) is 114 cm³/mol. The third-order valence-corrected chi connectivity index (χ3v) is 5.70. The van der Waals surface area contributed by atoms with Crippen molar-refractivity contribution in [1.29, 1.82) is 0 Å². The van der Waals surface area contributed by atoms with E-state index in [1.807, 2.05) is 53.6 Å². The van der Waals surface area contributed by atoms with Crippen molar-refractivity contribution in [2.24, 2.45) is 0 Å². The number of benzene rings is 2. The SMILES string of the molecule is CCOc1ccc([C@@H]2CCCN2C(=O)c2ccc(OCc3cscn3)cc2)cc1. The zero-order valence-electron chi connectivity index (χ0n) is 16.4. The van der Waals surface area contributed by atoms with Crippen molar-refractivity contribution in [3.8, 4) is 11.5 Å². The second kappa shape index (κ2) is 9.09. The van der Waals surface area contributed by atoms with E-state index in [-0.39, 0.29) is 11.9 Å². The molecule has 0 radical (unpaired) electrons. The molecule has 0 bridgehead atoms. The molecule has 1 saturated heterocycles. The summed E-state index contributed by atoms with van der Waals surface area (Å²) in [6.07, 6.45) is 1.99. The van der Waals surface area contributed by atoms with E-state index in [1.54, 1.807) is 16.8 Å². The fourth-order valence-corrected chi connectivity index (χ4v) is 4.18. The number of amides is 1.